The molecule has 0 aliphatic heterocycles. The summed E-state index contributed by atoms with van der Waals surface area (Å²) < 4.78 is 0. The van der Waals surface area contributed by atoms with Gasteiger partial charge in [0.15, 0.2) is 0 Å². The van der Waals surface area contributed by atoms with Gasteiger partial charge in [0.2, 0.25) is 0 Å². The molecule has 80 valence electrons. The summed E-state index contributed by atoms with van der Waals surface area (Å²) in [7, 11) is 1.77. The summed E-state index contributed by atoms with van der Waals surface area (Å²) in [4.78, 5) is 14.3. The van der Waals surface area contributed by atoms with Crippen LogP contribution in [0.5, 0.6) is 0 Å². The second-order valence-corrected chi connectivity index (χ2v) is 4.19. The Morgan fingerprint density at radius 3 is 2.73 bits per heavy atom. The first-order valence-electron chi connectivity index (χ1n) is 4.69. The van der Waals surface area contributed by atoms with E-state index in [0.717, 1.165) is 10.5 Å². The maximum Gasteiger partial charge on any atom is 0.253 e. The molecule has 15 heavy (non-hydrogen) atoms. The second-order valence-electron chi connectivity index (χ2n) is 3.67. The van der Waals surface area contributed by atoms with E-state index in [2.05, 4.69) is 19.2 Å². The predicted octanol–water partition coefficient (Wildman–Crippen LogP) is 2.62. The maximum atomic E-state index is 11.9. The zero-order valence-electron chi connectivity index (χ0n) is 9.03. The average Bonchev–Trinajstić information content (AvgIpc) is 2.15. The Kier molecular flexibility index (Phi) is 3.97. The van der Waals surface area contributed by atoms with Gasteiger partial charge in [0.1, 0.15) is 0 Å². The molecule has 0 unspecified atom stereocenters. The van der Waals surface area contributed by atoms with Crippen molar-refractivity contribution in [1.82, 2.24) is 4.90 Å². The molecule has 1 rings (SSSR count). The number of benzene rings is 1. The third kappa shape index (κ3) is 3.44. The van der Waals surface area contributed by atoms with E-state index in [1.807, 2.05) is 19.1 Å². The minimum Gasteiger partial charge on any atom is -0.338 e. The van der Waals surface area contributed by atoms with Crippen molar-refractivity contribution in [1.29, 1.82) is 0 Å². The number of hydrogen-bond donors (Lipinski definition) is 1. The van der Waals surface area contributed by atoms with Gasteiger partial charge in [0.05, 0.1) is 0 Å². The van der Waals surface area contributed by atoms with Crippen LogP contribution in [-0.2, 0) is 0 Å². The molecule has 0 aromatic heterocycles. The van der Waals surface area contributed by atoms with Crippen molar-refractivity contribution in [3.63, 3.8) is 0 Å². The molecule has 1 aromatic rings. The van der Waals surface area contributed by atoms with E-state index in [4.69, 9.17) is 0 Å². The first-order valence-corrected chi connectivity index (χ1v) is 5.14. The maximum absolute atomic E-state index is 11.9. The summed E-state index contributed by atoms with van der Waals surface area (Å²) >= 11 is 4.20. The molecule has 0 spiro atoms. The highest BCUT2D eigenvalue weighted by Crippen LogP contribution is 2.11. The van der Waals surface area contributed by atoms with E-state index in [1.165, 1.54) is 0 Å². The zero-order chi connectivity index (χ0) is 11.4. The molecule has 2 nitrogen and oxygen atoms in total. The van der Waals surface area contributed by atoms with E-state index >= 15 is 0 Å². The summed E-state index contributed by atoms with van der Waals surface area (Å²) in [5.74, 6) is -0.00565. The van der Waals surface area contributed by atoms with Gasteiger partial charge in [-0.1, -0.05) is 18.2 Å². The lowest BCUT2D eigenvalue weighted by atomic mass is 10.2. The molecule has 0 N–H and O–H groups in total. The SMILES string of the molecule is C=C(C)CN(C)C(=O)c1cccc(S)c1. The fourth-order valence-electron chi connectivity index (χ4n) is 1.34. The first-order chi connectivity index (χ1) is 7.00. The van der Waals surface area contributed by atoms with E-state index in [0.29, 0.717) is 12.1 Å². The quantitative estimate of drug-likeness (QED) is 0.614. The third-order valence-corrected chi connectivity index (χ3v) is 2.23. The van der Waals surface area contributed by atoms with Gasteiger partial charge in [-0.3, -0.25) is 4.79 Å². The Labute approximate surface area is 96.0 Å². The van der Waals surface area contributed by atoms with Crippen LogP contribution in [0.4, 0.5) is 0 Å². The molecule has 0 heterocycles. The third-order valence-electron chi connectivity index (χ3n) is 1.95. The predicted molar refractivity (Wildman–Crippen MR) is 65.5 cm³/mol. The van der Waals surface area contributed by atoms with E-state index < -0.39 is 0 Å². The topological polar surface area (TPSA) is 20.3 Å². The van der Waals surface area contributed by atoms with Crippen molar-refractivity contribution in [2.45, 2.75) is 11.8 Å². The lowest BCUT2D eigenvalue weighted by Crippen LogP contribution is -2.28. The van der Waals surface area contributed by atoms with Crippen LogP contribution < -0.4 is 0 Å². The molecule has 0 saturated carbocycles. The van der Waals surface area contributed by atoms with Gasteiger partial charge >= 0.3 is 0 Å². The minimum atomic E-state index is -0.00565. The molecule has 3 heteroatoms. The van der Waals surface area contributed by atoms with Crippen molar-refractivity contribution < 1.29 is 4.79 Å². The number of thiol groups is 1. The molecule has 1 amide bonds. The molecule has 0 atom stereocenters. The van der Waals surface area contributed by atoms with Crippen LogP contribution in [0.3, 0.4) is 0 Å². The van der Waals surface area contributed by atoms with Crippen LogP contribution in [-0.4, -0.2) is 24.4 Å². The highest BCUT2D eigenvalue weighted by molar-refractivity contribution is 7.80. The summed E-state index contributed by atoms with van der Waals surface area (Å²) in [5, 5.41) is 0. The molecule has 0 saturated heterocycles. The Hall–Kier alpha value is -1.22. The van der Waals surface area contributed by atoms with Gasteiger partial charge < -0.3 is 4.90 Å². The number of carbonyl (C=O) groups is 1. The van der Waals surface area contributed by atoms with Crippen molar-refractivity contribution in [3.8, 4) is 0 Å². The fourth-order valence-corrected chi connectivity index (χ4v) is 1.56. The number of amides is 1. The first kappa shape index (κ1) is 11.9. The summed E-state index contributed by atoms with van der Waals surface area (Å²) in [6, 6.07) is 7.22. The van der Waals surface area contributed by atoms with E-state index in [9.17, 15) is 4.79 Å². The Balaban J connectivity index is 2.80. The van der Waals surface area contributed by atoms with Crippen LogP contribution in [0.2, 0.25) is 0 Å². The average molecular weight is 221 g/mol. The van der Waals surface area contributed by atoms with Gasteiger partial charge in [0.25, 0.3) is 5.91 Å². The lowest BCUT2D eigenvalue weighted by Gasteiger charge is -2.17. The van der Waals surface area contributed by atoms with Crippen molar-refractivity contribution in [2.24, 2.45) is 0 Å². The number of likely N-dealkylation sites (N-methyl/N-ethyl adjacent to an activating group) is 1. The van der Waals surface area contributed by atoms with Crippen LogP contribution in [0.1, 0.15) is 17.3 Å². The van der Waals surface area contributed by atoms with Crippen molar-refractivity contribution in [3.05, 3.63) is 42.0 Å². The Bertz CT molecular complexity index is 387. The Morgan fingerprint density at radius 2 is 2.20 bits per heavy atom. The number of hydrogen-bond acceptors (Lipinski definition) is 2. The van der Waals surface area contributed by atoms with Crippen LogP contribution in [0.25, 0.3) is 0 Å². The highest BCUT2D eigenvalue weighted by atomic mass is 32.1. The summed E-state index contributed by atoms with van der Waals surface area (Å²) in [6.45, 7) is 6.26. The molecule has 0 radical (unpaired) electrons. The number of nitrogens with zero attached hydrogens (tertiary/aromatic N) is 1. The highest BCUT2D eigenvalue weighted by Gasteiger charge is 2.10. The van der Waals surface area contributed by atoms with Crippen LogP contribution >= 0.6 is 12.6 Å². The lowest BCUT2D eigenvalue weighted by molar-refractivity contribution is 0.0806. The molecule has 0 bridgehead atoms. The monoisotopic (exact) mass is 221 g/mol. The zero-order valence-corrected chi connectivity index (χ0v) is 9.92. The van der Waals surface area contributed by atoms with Crippen molar-refractivity contribution in [2.75, 3.05) is 13.6 Å². The van der Waals surface area contributed by atoms with Gasteiger partial charge in [-0.15, -0.1) is 12.6 Å². The normalized spacial score (nSPS) is 9.80. The summed E-state index contributed by atoms with van der Waals surface area (Å²) in [6.07, 6.45) is 0. The van der Waals surface area contributed by atoms with Gasteiger partial charge in [-0.2, -0.15) is 0 Å². The largest absolute Gasteiger partial charge is 0.338 e. The Morgan fingerprint density at radius 1 is 1.53 bits per heavy atom. The van der Waals surface area contributed by atoms with Gasteiger partial charge in [-0.05, 0) is 25.1 Å². The minimum absolute atomic E-state index is 0.00565. The van der Waals surface area contributed by atoms with Gasteiger partial charge in [0, 0.05) is 24.1 Å². The molecule has 1 aromatic carbocycles. The molecular formula is C12H15NOS. The van der Waals surface area contributed by atoms with Gasteiger partial charge in [-0.25, -0.2) is 0 Å². The smallest absolute Gasteiger partial charge is 0.253 e. The number of carbonyl (C=O) groups excluding carboxylic acids is 1. The van der Waals surface area contributed by atoms with Crippen LogP contribution in [0, 0.1) is 0 Å². The number of rotatable bonds is 3. The second kappa shape index (κ2) is 5.03. The molecule has 0 aliphatic rings. The summed E-state index contributed by atoms with van der Waals surface area (Å²) in [5.41, 5.74) is 1.62. The standard InChI is InChI=1S/C12H15NOS/c1-9(2)8-13(3)12(14)10-5-4-6-11(15)7-10/h4-7,15H,1,8H2,2-3H3. The molecule has 0 fully saturated rings. The molecule has 0 aliphatic carbocycles. The van der Waals surface area contributed by atoms with Crippen LogP contribution in [0.15, 0.2) is 41.3 Å². The van der Waals surface area contributed by atoms with Crippen molar-refractivity contribution >= 4 is 18.5 Å². The molecular weight excluding hydrogens is 206 g/mol. The van der Waals surface area contributed by atoms with E-state index in [1.54, 1.807) is 24.1 Å². The van der Waals surface area contributed by atoms with E-state index in [-0.39, 0.29) is 5.91 Å². The fraction of sp³-hybridized carbons (Fsp3) is 0.250.